The first kappa shape index (κ1) is 22.8. The van der Waals surface area contributed by atoms with Gasteiger partial charge in [0.15, 0.2) is 0 Å². The van der Waals surface area contributed by atoms with Gasteiger partial charge in [0.1, 0.15) is 6.07 Å². The Kier molecular flexibility index (Phi) is 7.11. The molecule has 4 heteroatoms. The van der Waals surface area contributed by atoms with Gasteiger partial charge in [0.25, 0.3) is 0 Å². The standard InChI is InChI=1S/C26H39N3.CH4O/c1-18-5-8-22-20(14-18)6-9-24-23(22)11-12-26(2)21(7-10-25(24)26)4-3-13-29-17-19(15-27)16-28-29;1-2/h16-18,20-25H,3-14H2,1-2H3;2H,1H3. The van der Waals surface area contributed by atoms with Crippen LogP contribution in [-0.4, -0.2) is 22.0 Å². The zero-order valence-electron chi connectivity index (χ0n) is 20.0. The zero-order chi connectivity index (χ0) is 22.0. The fourth-order valence-electron chi connectivity index (χ4n) is 8.71. The molecule has 1 heterocycles. The van der Waals surface area contributed by atoms with Gasteiger partial charge in [-0.25, -0.2) is 0 Å². The van der Waals surface area contributed by atoms with Crippen LogP contribution in [-0.2, 0) is 6.54 Å². The van der Waals surface area contributed by atoms with Crippen molar-refractivity contribution >= 4 is 0 Å². The van der Waals surface area contributed by atoms with E-state index >= 15 is 0 Å². The number of aliphatic hydroxyl groups is 1. The highest BCUT2D eigenvalue weighted by Crippen LogP contribution is 2.65. The van der Waals surface area contributed by atoms with Crippen molar-refractivity contribution in [2.24, 2.45) is 46.8 Å². The van der Waals surface area contributed by atoms with Gasteiger partial charge >= 0.3 is 0 Å². The molecular weight excluding hydrogens is 382 g/mol. The molecule has 172 valence electrons. The van der Waals surface area contributed by atoms with Crippen molar-refractivity contribution < 1.29 is 5.11 Å². The van der Waals surface area contributed by atoms with Crippen LogP contribution in [0.2, 0.25) is 0 Å². The molecule has 31 heavy (non-hydrogen) atoms. The minimum absolute atomic E-state index is 0.595. The molecule has 0 spiro atoms. The molecule has 0 amide bonds. The Morgan fingerprint density at radius 1 is 1.10 bits per heavy atom. The predicted octanol–water partition coefficient (Wildman–Crippen LogP) is 6.05. The summed E-state index contributed by atoms with van der Waals surface area (Å²) in [5.41, 5.74) is 1.28. The molecule has 5 rings (SSSR count). The van der Waals surface area contributed by atoms with E-state index in [2.05, 4.69) is 25.0 Å². The average molecular weight is 426 g/mol. The number of hydrogen-bond acceptors (Lipinski definition) is 3. The second kappa shape index (κ2) is 9.65. The molecule has 8 atom stereocenters. The van der Waals surface area contributed by atoms with E-state index in [-0.39, 0.29) is 0 Å². The Balaban J connectivity index is 0.00000112. The van der Waals surface area contributed by atoms with Crippen LogP contribution in [0, 0.1) is 58.2 Å². The molecule has 0 bridgehead atoms. The molecular formula is C27H43N3O. The van der Waals surface area contributed by atoms with Crippen LogP contribution >= 0.6 is 0 Å². The summed E-state index contributed by atoms with van der Waals surface area (Å²) in [5.74, 6) is 7.13. The topological polar surface area (TPSA) is 61.8 Å². The number of nitrogens with zero attached hydrogens (tertiary/aromatic N) is 3. The Morgan fingerprint density at radius 3 is 2.68 bits per heavy atom. The first-order chi connectivity index (χ1) is 15.1. The molecule has 1 aromatic rings. The molecule has 4 fully saturated rings. The largest absolute Gasteiger partial charge is 0.400 e. The zero-order valence-corrected chi connectivity index (χ0v) is 20.0. The number of aromatic nitrogens is 2. The van der Waals surface area contributed by atoms with Gasteiger partial charge in [-0.2, -0.15) is 10.4 Å². The van der Waals surface area contributed by atoms with Crippen molar-refractivity contribution in [2.75, 3.05) is 7.11 Å². The Labute approximate surface area is 189 Å². The Bertz CT molecular complexity index is 767. The van der Waals surface area contributed by atoms with E-state index in [4.69, 9.17) is 10.4 Å². The van der Waals surface area contributed by atoms with Gasteiger partial charge in [-0.3, -0.25) is 4.68 Å². The number of rotatable bonds is 4. The highest BCUT2D eigenvalue weighted by Gasteiger charge is 2.56. The summed E-state index contributed by atoms with van der Waals surface area (Å²) in [4.78, 5) is 0. The van der Waals surface area contributed by atoms with E-state index in [9.17, 15) is 0 Å². The number of aryl methyl sites for hydroxylation is 1. The van der Waals surface area contributed by atoms with Gasteiger partial charge in [-0.15, -0.1) is 0 Å². The van der Waals surface area contributed by atoms with E-state index in [1.165, 1.54) is 70.6 Å². The summed E-state index contributed by atoms with van der Waals surface area (Å²) >= 11 is 0. The fourth-order valence-corrected chi connectivity index (χ4v) is 8.71. The first-order valence-corrected chi connectivity index (χ1v) is 13.0. The maximum atomic E-state index is 8.99. The lowest BCUT2D eigenvalue weighted by molar-refractivity contribution is -0.0680. The normalized spacial score (nSPS) is 41.2. The van der Waals surface area contributed by atoms with Crippen molar-refractivity contribution in [3.05, 3.63) is 18.0 Å². The van der Waals surface area contributed by atoms with Gasteiger partial charge in [0.2, 0.25) is 0 Å². The van der Waals surface area contributed by atoms with Gasteiger partial charge in [0.05, 0.1) is 11.8 Å². The maximum absolute atomic E-state index is 8.99. The summed E-state index contributed by atoms with van der Waals surface area (Å²) < 4.78 is 1.97. The molecule has 4 aliphatic rings. The van der Waals surface area contributed by atoms with E-state index in [0.717, 1.165) is 55.1 Å². The number of nitriles is 1. The lowest BCUT2D eigenvalue weighted by Crippen LogP contribution is -2.48. The lowest BCUT2D eigenvalue weighted by atomic mass is 9.49. The third-order valence-corrected chi connectivity index (χ3v) is 10.1. The second-order valence-corrected chi connectivity index (χ2v) is 11.4. The van der Waals surface area contributed by atoms with Crippen LogP contribution in [0.25, 0.3) is 0 Å². The molecule has 0 radical (unpaired) electrons. The highest BCUT2D eigenvalue weighted by atomic mass is 16.2. The molecule has 0 aromatic carbocycles. The summed E-state index contributed by atoms with van der Waals surface area (Å²) in [6.07, 6.45) is 19.7. The third kappa shape index (κ3) is 4.32. The monoisotopic (exact) mass is 425 g/mol. The second-order valence-electron chi connectivity index (χ2n) is 11.4. The van der Waals surface area contributed by atoms with Crippen molar-refractivity contribution in [2.45, 2.75) is 91.0 Å². The summed E-state index contributed by atoms with van der Waals surface area (Å²) in [6, 6.07) is 2.19. The van der Waals surface area contributed by atoms with Crippen LogP contribution in [0.15, 0.2) is 12.4 Å². The van der Waals surface area contributed by atoms with E-state index in [0.29, 0.717) is 11.0 Å². The molecule has 4 nitrogen and oxygen atoms in total. The van der Waals surface area contributed by atoms with Gasteiger partial charge < -0.3 is 5.11 Å². The average Bonchev–Trinajstić information content (AvgIpc) is 3.39. The smallest absolute Gasteiger partial charge is 0.102 e. The number of aliphatic hydroxyl groups excluding tert-OH is 1. The predicted molar refractivity (Wildman–Crippen MR) is 124 cm³/mol. The van der Waals surface area contributed by atoms with Crippen molar-refractivity contribution in [1.82, 2.24) is 9.78 Å². The molecule has 1 aromatic heterocycles. The quantitative estimate of drug-likeness (QED) is 0.639. The van der Waals surface area contributed by atoms with Crippen molar-refractivity contribution in [1.29, 1.82) is 5.26 Å². The van der Waals surface area contributed by atoms with E-state index < -0.39 is 0 Å². The highest BCUT2D eigenvalue weighted by molar-refractivity contribution is 5.21. The molecule has 0 aliphatic heterocycles. The maximum Gasteiger partial charge on any atom is 0.102 e. The molecule has 8 unspecified atom stereocenters. The van der Waals surface area contributed by atoms with Crippen molar-refractivity contribution in [3.63, 3.8) is 0 Å². The fraction of sp³-hybridized carbons (Fsp3) is 0.852. The Hall–Kier alpha value is -1.34. The SMILES string of the molecule is CC1CCC2C(CCC3C2CCC2(C)C(CCCn4cc(C#N)cn4)CCC32)C1.CO. The number of hydrogen-bond donors (Lipinski definition) is 1. The van der Waals surface area contributed by atoms with Crippen molar-refractivity contribution in [3.8, 4) is 6.07 Å². The van der Waals surface area contributed by atoms with Crippen LogP contribution in [0.5, 0.6) is 0 Å². The van der Waals surface area contributed by atoms with Crippen LogP contribution in [0.3, 0.4) is 0 Å². The van der Waals surface area contributed by atoms with Gasteiger partial charge in [-0.05, 0) is 111 Å². The summed E-state index contributed by atoms with van der Waals surface area (Å²) in [7, 11) is 1.00. The first-order valence-electron chi connectivity index (χ1n) is 13.0. The van der Waals surface area contributed by atoms with E-state index in [1.807, 2.05) is 10.9 Å². The molecule has 4 saturated carbocycles. The Morgan fingerprint density at radius 2 is 1.90 bits per heavy atom. The van der Waals surface area contributed by atoms with Gasteiger partial charge in [0, 0.05) is 19.9 Å². The van der Waals surface area contributed by atoms with Crippen LogP contribution in [0.1, 0.15) is 90.0 Å². The molecule has 4 aliphatic carbocycles. The van der Waals surface area contributed by atoms with Crippen LogP contribution in [0.4, 0.5) is 0 Å². The summed E-state index contributed by atoms with van der Waals surface area (Å²) in [5, 5.41) is 20.3. The van der Waals surface area contributed by atoms with Gasteiger partial charge in [-0.1, -0.05) is 20.3 Å². The number of fused-ring (bicyclic) bond motifs is 5. The third-order valence-electron chi connectivity index (χ3n) is 10.1. The minimum Gasteiger partial charge on any atom is -0.400 e. The molecule has 0 saturated heterocycles. The summed E-state index contributed by atoms with van der Waals surface area (Å²) in [6.45, 7) is 6.13. The minimum atomic E-state index is 0.595. The van der Waals surface area contributed by atoms with Crippen LogP contribution < -0.4 is 0 Å². The van der Waals surface area contributed by atoms with E-state index in [1.54, 1.807) is 6.20 Å². The molecule has 1 N–H and O–H groups in total. The lowest BCUT2D eigenvalue weighted by Gasteiger charge is -2.56.